The molecule has 0 radical (unpaired) electrons. The molecule has 172 valence electrons. The minimum Gasteiger partial charge on any atom is -0.351 e. The van der Waals surface area contributed by atoms with Gasteiger partial charge in [0.2, 0.25) is 15.8 Å². The lowest BCUT2D eigenvalue weighted by Crippen LogP contribution is -2.25. The van der Waals surface area contributed by atoms with Crippen LogP contribution in [0, 0.1) is 11.6 Å². The zero-order valence-corrected chi connectivity index (χ0v) is 18.8. The van der Waals surface area contributed by atoms with E-state index in [9.17, 15) is 22.0 Å². The molecule has 11 heteroatoms. The van der Waals surface area contributed by atoms with Gasteiger partial charge in [-0.3, -0.25) is 9.36 Å². The van der Waals surface area contributed by atoms with Gasteiger partial charge in [0, 0.05) is 54.5 Å². The number of anilines is 2. The topological polar surface area (TPSA) is 98.9 Å². The molecular formula is C23H17F2N5O3S. The van der Waals surface area contributed by atoms with E-state index in [-0.39, 0.29) is 17.0 Å². The van der Waals surface area contributed by atoms with E-state index in [1.54, 1.807) is 0 Å². The van der Waals surface area contributed by atoms with Gasteiger partial charge in [-0.2, -0.15) is 4.98 Å². The molecule has 0 unspecified atom stereocenters. The predicted octanol–water partition coefficient (Wildman–Crippen LogP) is 3.67. The number of hydrogen-bond donors (Lipinski definition) is 1. The fourth-order valence-electron chi connectivity index (χ4n) is 3.77. The van der Waals surface area contributed by atoms with Crippen molar-refractivity contribution in [2.45, 2.75) is 9.79 Å². The summed E-state index contributed by atoms with van der Waals surface area (Å²) >= 11 is 0. The predicted molar refractivity (Wildman–Crippen MR) is 123 cm³/mol. The first-order valence-electron chi connectivity index (χ1n) is 10.0. The molecule has 5 aromatic rings. The molecule has 0 aliphatic carbocycles. The summed E-state index contributed by atoms with van der Waals surface area (Å²) in [7, 11) is -1.25. The Kier molecular flexibility index (Phi) is 4.94. The van der Waals surface area contributed by atoms with Gasteiger partial charge in [-0.1, -0.05) is 0 Å². The molecule has 3 aromatic heterocycles. The standard InChI is InChI=1S/C23H17F2N5O3S/c1-29-8-7-13-9-16(4-5-18(13)29)27-23-26-12-14-10-20(22(31)30(2)21(14)28-23)34(32,33)19-6-3-15(24)11-17(19)25/h3-12H,1-2H3,(H,26,27,28). The highest BCUT2D eigenvalue weighted by Gasteiger charge is 2.27. The highest BCUT2D eigenvalue weighted by molar-refractivity contribution is 7.91. The molecule has 0 fully saturated rings. The number of fused-ring (bicyclic) bond motifs is 2. The Hall–Kier alpha value is -4.12. The lowest BCUT2D eigenvalue weighted by Gasteiger charge is -2.11. The molecule has 34 heavy (non-hydrogen) atoms. The number of rotatable bonds is 4. The third-order valence-electron chi connectivity index (χ3n) is 5.53. The van der Waals surface area contributed by atoms with Gasteiger partial charge in [-0.05, 0) is 42.5 Å². The smallest absolute Gasteiger partial charge is 0.271 e. The summed E-state index contributed by atoms with van der Waals surface area (Å²) < 4.78 is 56.4. The number of aromatic nitrogens is 4. The molecule has 3 heterocycles. The van der Waals surface area contributed by atoms with Crippen LogP contribution in [0.25, 0.3) is 21.9 Å². The fraction of sp³-hybridized carbons (Fsp3) is 0.0870. The first kappa shape index (κ1) is 21.7. The number of halogens is 2. The summed E-state index contributed by atoms with van der Waals surface area (Å²) in [5, 5.41) is 4.35. The van der Waals surface area contributed by atoms with Crippen LogP contribution in [0.4, 0.5) is 20.4 Å². The van der Waals surface area contributed by atoms with Crippen LogP contribution in [-0.4, -0.2) is 27.5 Å². The van der Waals surface area contributed by atoms with Crippen molar-refractivity contribution in [1.29, 1.82) is 0 Å². The molecular weight excluding hydrogens is 464 g/mol. The largest absolute Gasteiger partial charge is 0.351 e. The van der Waals surface area contributed by atoms with Crippen LogP contribution in [0.15, 0.2) is 75.5 Å². The minimum atomic E-state index is -4.56. The highest BCUT2D eigenvalue weighted by atomic mass is 32.2. The summed E-state index contributed by atoms with van der Waals surface area (Å²) in [6.07, 6.45) is 3.31. The molecule has 0 atom stereocenters. The summed E-state index contributed by atoms with van der Waals surface area (Å²) in [6, 6.07) is 10.8. The number of nitrogens with one attached hydrogen (secondary N) is 1. The molecule has 0 saturated heterocycles. The number of aryl methyl sites for hydroxylation is 2. The van der Waals surface area contributed by atoms with Crippen molar-refractivity contribution in [3.8, 4) is 0 Å². The maximum absolute atomic E-state index is 14.2. The monoisotopic (exact) mass is 481 g/mol. The van der Waals surface area contributed by atoms with Crippen molar-refractivity contribution >= 4 is 43.4 Å². The second-order valence-corrected chi connectivity index (χ2v) is 9.64. The van der Waals surface area contributed by atoms with Crippen LogP contribution in [0.1, 0.15) is 0 Å². The number of nitrogens with zero attached hydrogens (tertiary/aromatic N) is 4. The molecule has 1 N–H and O–H groups in total. The molecule has 0 aliphatic rings. The summed E-state index contributed by atoms with van der Waals surface area (Å²) in [6.45, 7) is 0. The van der Waals surface area contributed by atoms with Crippen LogP contribution in [-0.2, 0) is 23.9 Å². The van der Waals surface area contributed by atoms with Crippen LogP contribution in [0.5, 0.6) is 0 Å². The van der Waals surface area contributed by atoms with E-state index in [1.807, 2.05) is 42.1 Å². The Morgan fingerprint density at radius 1 is 0.941 bits per heavy atom. The average Bonchev–Trinajstić information content (AvgIpc) is 3.16. The number of benzene rings is 2. The lowest BCUT2D eigenvalue weighted by atomic mass is 10.2. The van der Waals surface area contributed by atoms with E-state index < -0.39 is 36.8 Å². The van der Waals surface area contributed by atoms with Crippen molar-refractivity contribution in [3.63, 3.8) is 0 Å². The number of hydrogen-bond acceptors (Lipinski definition) is 6. The molecule has 0 spiro atoms. The Balaban J connectivity index is 1.57. The van der Waals surface area contributed by atoms with Gasteiger partial charge in [0.25, 0.3) is 5.56 Å². The van der Waals surface area contributed by atoms with Gasteiger partial charge in [0.15, 0.2) is 0 Å². The van der Waals surface area contributed by atoms with Crippen molar-refractivity contribution < 1.29 is 17.2 Å². The SMILES string of the molecule is Cn1ccc2cc(Nc3ncc4cc(S(=O)(=O)c5ccc(F)cc5F)c(=O)n(C)c4n3)ccc21. The average molecular weight is 481 g/mol. The van der Waals surface area contributed by atoms with Crippen LogP contribution >= 0.6 is 0 Å². The van der Waals surface area contributed by atoms with Gasteiger partial charge >= 0.3 is 0 Å². The summed E-state index contributed by atoms with van der Waals surface area (Å²) in [4.78, 5) is 20.0. The second kappa shape index (κ2) is 7.73. The number of pyridine rings is 1. The third kappa shape index (κ3) is 3.50. The highest BCUT2D eigenvalue weighted by Crippen LogP contribution is 2.25. The Morgan fingerprint density at radius 2 is 1.74 bits per heavy atom. The lowest BCUT2D eigenvalue weighted by molar-refractivity contribution is 0.548. The van der Waals surface area contributed by atoms with E-state index in [4.69, 9.17) is 0 Å². The van der Waals surface area contributed by atoms with E-state index in [2.05, 4.69) is 15.3 Å². The van der Waals surface area contributed by atoms with Gasteiger partial charge in [0.1, 0.15) is 27.1 Å². The van der Waals surface area contributed by atoms with Gasteiger partial charge in [-0.15, -0.1) is 0 Å². The van der Waals surface area contributed by atoms with E-state index in [0.717, 1.165) is 39.4 Å². The summed E-state index contributed by atoms with van der Waals surface area (Å²) in [5.74, 6) is -2.01. The Bertz CT molecular complexity index is 1780. The first-order chi connectivity index (χ1) is 16.1. The van der Waals surface area contributed by atoms with Crippen molar-refractivity contribution in [3.05, 3.63) is 82.9 Å². The first-order valence-corrected chi connectivity index (χ1v) is 11.5. The maximum Gasteiger partial charge on any atom is 0.271 e. The normalized spacial score (nSPS) is 11.9. The van der Waals surface area contributed by atoms with Crippen molar-refractivity contribution in [2.75, 3.05) is 5.32 Å². The van der Waals surface area contributed by atoms with Crippen molar-refractivity contribution in [1.82, 2.24) is 19.1 Å². The van der Waals surface area contributed by atoms with Crippen LogP contribution in [0.2, 0.25) is 0 Å². The van der Waals surface area contributed by atoms with Crippen LogP contribution < -0.4 is 10.9 Å². The van der Waals surface area contributed by atoms with E-state index in [0.29, 0.717) is 6.07 Å². The zero-order chi connectivity index (χ0) is 24.2. The summed E-state index contributed by atoms with van der Waals surface area (Å²) in [5.41, 5.74) is 1.07. The van der Waals surface area contributed by atoms with E-state index in [1.165, 1.54) is 13.2 Å². The third-order valence-corrected chi connectivity index (χ3v) is 7.31. The fourth-order valence-corrected chi connectivity index (χ4v) is 5.22. The molecule has 5 rings (SSSR count). The van der Waals surface area contributed by atoms with Crippen molar-refractivity contribution in [2.24, 2.45) is 14.1 Å². The van der Waals surface area contributed by atoms with Crippen LogP contribution in [0.3, 0.4) is 0 Å². The molecule has 2 aromatic carbocycles. The van der Waals surface area contributed by atoms with Gasteiger partial charge < -0.3 is 9.88 Å². The molecule has 0 bridgehead atoms. The Morgan fingerprint density at radius 3 is 2.50 bits per heavy atom. The number of sulfone groups is 1. The van der Waals surface area contributed by atoms with E-state index >= 15 is 0 Å². The minimum absolute atomic E-state index is 0.182. The molecule has 0 amide bonds. The molecule has 0 saturated carbocycles. The zero-order valence-electron chi connectivity index (χ0n) is 18.0. The second-order valence-electron chi connectivity index (χ2n) is 7.75. The maximum atomic E-state index is 14.2. The molecule has 8 nitrogen and oxygen atoms in total. The van der Waals surface area contributed by atoms with Gasteiger partial charge in [0.05, 0.1) is 0 Å². The molecule has 0 aliphatic heterocycles. The quantitative estimate of drug-likeness (QED) is 0.393. The Labute approximate surface area is 192 Å². The van der Waals surface area contributed by atoms with Gasteiger partial charge in [-0.25, -0.2) is 22.2 Å².